The van der Waals surface area contributed by atoms with Crippen LogP contribution in [-0.2, 0) is 14.3 Å². The third kappa shape index (κ3) is 5.59. The Kier molecular flexibility index (Phi) is 6.73. The fraction of sp³-hybridized carbons (Fsp3) is 0.273. The molecule has 2 aromatic rings. The van der Waals surface area contributed by atoms with Gasteiger partial charge >= 0.3 is 5.97 Å². The van der Waals surface area contributed by atoms with Crippen LogP contribution in [0.25, 0.3) is 6.08 Å². The van der Waals surface area contributed by atoms with E-state index < -0.39 is 5.97 Å². The molecule has 4 heteroatoms. The van der Waals surface area contributed by atoms with Gasteiger partial charge in [0, 0.05) is 6.08 Å². The molecular weight excluding hydrogens is 326 g/mol. The van der Waals surface area contributed by atoms with Gasteiger partial charge < -0.3 is 10.1 Å². The van der Waals surface area contributed by atoms with Gasteiger partial charge in [-0.1, -0.05) is 42.5 Å². The Bertz CT molecular complexity index is 824. The van der Waals surface area contributed by atoms with E-state index >= 15 is 0 Å². The van der Waals surface area contributed by atoms with Crippen molar-refractivity contribution >= 4 is 18.0 Å². The molecule has 0 spiro atoms. The summed E-state index contributed by atoms with van der Waals surface area (Å²) in [4.78, 5) is 23.8. The van der Waals surface area contributed by atoms with Crippen LogP contribution in [0.15, 0.2) is 48.5 Å². The molecule has 0 bridgehead atoms. The number of carbonyl (C=O) groups is 2. The molecule has 1 N–H and O–H groups in total. The van der Waals surface area contributed by atoms with Crippen molar-refractivity contribution in [3.8, 4) is 0 Å². The van der Waals surface area contributed by atoms with E-state index in [4.69, 9.17) is 4.74 Å². The molecule has 0 fully saturated rings. The van der Waals surface area contributed by atoms with E-state index in [0.717, 1.165) is 16.7 Å². The largest absolute Gasteiger partial charge is 0.452 e. The molecule has 26 heavy (non-hydrogen) atoms. The summed E-state index contributed by atoms with van der Waals surface area (Å²) in [6.45, 7) is 7.66. The smallest absolute Gasteiger partial charge is 0.331 e. The molecule has 0 saturated heterocycles. The Morgan fingerprint density at radius 3 is 2.46 bits per heavy atom. The SMILES string of the molecule is Cc1ccc([C@H](C)NC(=O)COC(=O)/C=C/c2ccccc2C)cc1C. The van der Waals surface area contributed by atoms with Crippen LogP contribution in [-0.4, -0.2) is 18.5 Å². The zero-order chi connectivity index (χ0) is 19.1. The fourth-order valence-corrected chi connectivity index (χ4v) is 2.52. The monoisotopic (exact) mass is 351 g/mol. The predicted octanol–water partition coefficient (Wildman–Crippen LogP) is 4.05. The summed E-state index contributed by atoms with van der Waals surface area (Å²) in [7, 11) is 0. The number of hydrogen-bond donors (Lipinski definition) is 1. The van der Waals surface area contributed by atoms with E-state index in [1.807, 2.05) is 64.1 Å². The van der Waals surface area contributed by atoms with Crippen molar-refractivity contribution in [1.82, 2.24) is 5.32 Å². The van der Waals surface area contributed by atoms with Crippen LogP contribution in [0.5, 0.6) is 0 Å². The maximum Gasteiger partial charge on any atom is 0.331 e. The molecule has 0 aromatic heterocycles. The van der Waals surface area contributed by atoms with Gasteiger partial charge in [-0.25, -0.2) is 4.79 Å². The molecule has 1 atom stereocenters. The second-order valence-corrected chi connectivity index (χ2v) is 6.43. The van der Waals surface area contributed by atoms with Crippen LogP contribution in [0.3, 0.4) is 0 Å². The van der Waals surface area contributed by atoms with Crippen LogP contribution in [0.2, 0.25) is 0 Å². The first kappa shape index (κ1) is 19.4. The van der Waals surface area contributed by atoms with Crippen LogP contribution in [0, 0.1) is 20.8 Å². The minimum Gasteiger partial charge on any atom is -0.452 e. The van der Waals surface area contributed by atoms with Gasteiger partial charge in [-0.15, -0.1) is 0 Å². The predicted molar refractivity (Wildman–Crippen MR) is 104 cm³/mol. The highest BCUT2D eigenvalue weighted by molar-refractivity contribution is 5.89. The molecule has 0 aliphatic carbocycles. The second kappa shape index (κ2) is 8.99. The van der Waals surface area contributed by atoms with Crippen molar-refractivity contribution in [3.05, 3.63) is 76.4 Å². The van der Waals surface area contributed by atoms with Crippen molar-refractivity contribution in [3.63, 3.8) is 0 Å². The molecule has 0 aliphatic heterocycles. The number of rotatable bonds is 6. The van der Waals surface area contributed by atoms with E-state index in [1.165, 1.54) is 17.2 Å². The summed E-state index contributed by atoms with van der Waals surface area (Å²) in [5, 5.41) is 2.84. The molecule has 2 aromatic carbocycles. The first-order valence-corrected chi connectivity index (χ1v) is 8.64. The standard InChI is InChI=1S/C22H25NO3/c1-15-9-10-20(13-17(15)3)18(4)23-21(24)14-26-22(25)12-11-19-8-6-5-7-16(19)2/h5-13,18H,14H2,1-4H3,(H,23,24)/b12-11+/t18-/m0/s1. The summed E-state index contributed by atoms with van der Waals surface area (Å²) in [5.41, 5.74) is 5.42. The van der Waals surface area contributed by atoms with Crippen molar-refractivity contribution < 1.29 is 14.3 Å². The molecule has 1 amide bonds. The Balaban J connectivity index is 1.83. The Morgan fingerprint density at radius 2 is 1.77 bits per heavy atom. The Morgan fingerprint density at radius 1 is 1.04 bits per heavy atom. The number of aryl methyl sites for hydroxylation is 3. The molecule has 0 radical (unpaired) electrons. The first-order valence-electron chi connectivity index (χ1n) is 8.64. The fourth-order valence-electron chi connectivity index (χ4n) is 2.52. The molecule has 0 saturated carbocycles. The summed E-state index contributed by atoms with van der Waals surface area (Å²) >= 11 is 0. The van der Waals surface area contributed by atoms with Crippen LogP contribution in [0.4, 0.5) is 0 Å². The highest BCUT2D eigenvalue weighted by Gasteiger charge is 2.11. The van der Waals surface area contributed by atoms with E-state index in [1.54, 1.807) is 6.08 Å². The number of esters is 1. The Labute approximate surface area is 154 Å². The van der Waals surface area contributed by atoms with Gasteiger partial charge in [-0.2, -0.15) is 0 Å². The van der Waals surface area contributed by atoms with Gasteiger partial charge in [0.25, 0.3) is 5.91 Å². The third-order valence-corrected chi connectivity index (χ3v) is 4.34. The lowest BCUT2D eigenvalue weighted by Crippen LogP contribution is -2.31. The van der Waals surface area contributed by atoms with Crippen molar-refractivity contribution in [2.45, 2.75) is 33.7 Å². The topological polar surface area (TPSA) is 55.4 Å². The van der Waals surface area contributed by atoms with Crippen LogP contribution >= 0.6 is 0 Å². The number of benzene rings is 2. The number of amides is 1. The normalized spacial score (nSPS) is 12.0. The molecule has 0 heterocycles. The minimum absolute atomic E-state index is 0.150. The lowest BCUT2D eigenvalue weighted by atomic mass is 10.0. The maximum atomic E-state index is 12.0. The molecule has 2 rings (SSSR count). The second-order valence-electron chi connectivity index (χ2n) is 6.43. The zero-order valence-electron chi connectivity index (χ0n) is 15.7. The van der Waals surface area contributed by atoms with Gasteiger partial charge in [0.1, 0.15) is 0 Å². The molecule has 0 aliphatic rings. The average Bonchev–Trinajstić information content (AvgIpc) is 2.61. The van der Waals surface area contributed by atoms with Crippen molar-refractivity contribution in [1.29, 1.82) is 0 Å². The van der Waals surface area contributed by atoms with E-state index in [9.17, 15) is 9.59 Å². The van der Waals surface area contributed by atoms with Crippen molar-refractivity contribution in [2.75, 3.05) is 6.61 Å². The van der Waals surface area contributed by atoms with E-state index in [-0.39, 0.29) is 18.6 Å². The lowest BCUT2D eigenvalue weighted by Gasteiger charge is -2.15. The van der Waals surface area contributed by atoms with E-state index in [0.29, 0.717) is 0 Å². The highest BCUT2D eigenvalue weighted by Crippen LogP contribution is 2.16. The van der Waals surface area contributed by atoms with Gasteiger partial charge in [0.2, 0.25) is 0 Å². The Hall–Kier alpha value is -2.88. The average molecular weight is 351 g/mol. The van der Waals surface area contributed by atoms with Gasteiger partial charge in [-0.05, 0) is 61.6 Å². The number of hydrogen-bond acceptors (Lipinski definition) is 3. The number of ether oxygens (including phenoxy) is 1. The molecule has 0 unspecified atom stereocenters. The molecule has 136 valence electrons. The summed E-state index contributed by atoms with van der Waals surface area (Å²) < 4.78 is 5.01. The van der Waals surface area contributed by atoms with Crippen LogP contribution in [0.1, 0.15) is 40.8 Å². The quantitative estimate of drug-likeness (QED) is 0.631. The van der Waals surface area contributed by atoms with Crippen molar-refractivity contribution in [2.24, 2.45) is 0 Å². The molecular formula is C22H25NO3. The summed E-state index contributed by atoms with van der Waals surface area (Å²) in [6, 6.07) is 13.6. The van der Waals surface area contributed by atoms with Gasteiger partial charge in [0.05, 0.1) is 6.04 Å². The third-order valence-electron chi connectivity index (χ3n) is 4.34. The number of nitrogens with one attached hydrogen (secondary N) is 1. The van der Waals surface area contributed by atoms with Crippen LogP contribution < -0.4 is 5.32 Å². The highest BCUT2D eigenvalue weighted by atomic mass is 16.5. The summed E-state index contributed by atoms with van der Waals surface area (Å²) in [5.74, 6) is -0.865. The van der Waals surface area contributed by atoms with Gasteiger partial charge in [0.15, 0.2) is 6.61 Å². The minimum atomic E-state index is -0.540. The zero-order valence-corrected chi connectivity index (χ0v) is 15.7. The molecule has 4 nitrogen and oxygen atoms in total. The van der Waals surface area contributed by atoms with Gasteiger partial charge in [-0.3, -0.25) is 4.79 Å². The maximum absolute atomic E-state index is 12.0. The number of carbonyl (C=O) groups excluding carboxylic acids is 2. The first-order chi connectivity index (χ1) is 12.4. The summed E-state index contributed by atoms with van der Waals surface area (Å²) in [6.07, 6.45) is 3.02. The van der Waals surface area contributed by atoms with E-state index in [2.05, 4.69) is 11.4 Å². The lowest BCUT2D eigenvalue weighted by molar-refractivity contribution is -0.144.